The van der Waals surface area contributed by atoms with E-state index in [-0.39, 0.29) is 5.56 Å². The van der Waals surface area contributed by atoms with Crippen molar-refractivity contribution in [2.24, 2.45) is 7.05 Å². The number of hydrogen-bond acceptors (Lipinski definition) is 2. The molecule has 0 spiro atoms. The van der Waals surface area contributed by atoms with Crippen molar-refractivity contribution in [3.05, 3.63) is 72.3 Å². The number of aromatic carboxylic acids is 1. The maximum atomic E-state index is 11.4. The Labute approximate surface area is 139 Å². The standard InChI is InChI=1S/C20H16N2O2/c1-22-18-9-5-3-6-14(18)16-12-13(10-11-19(16)22)21-17-8-4-2-7-15(17)20(23)24/h2-12,21H,1H3,(H,23,24). The van der Waals surface area contributed by atoms with E-state index in [1.165, 1.54) is 10.9 Å². The van der Waals surface area contributed by atoms with Crippen LogP contribution in [0.4, 0.5) is 11.4 Å². The Morgan fingerprint density at radius 1 is 0.917 bits per heavy atom. The first-order valence-electron chi connectivity index (χ1n) is 7.71. The lowest BCUT2D eigenvalue weighted by molar-refractivity contribution is 0.0698. The molecule has 0 fully saturated rings. The lowest BCUT2D eigenvalue weighted by Gasteiger charge is -2.10. The SMILES string of the molecule is Cn1c2ccccc2c2cc(Nc3ccccc3C(=O)O)ccc21. The molecule has 118 valence electrons. The number of nitrogens with zero attached hydrogens (tertiary/aromatic N) is 1. The van der Waals surface area contributed by atoms with Gasteiger partial charge < -0.3 is 15.0 Å². The van der Waals surface area contributed by atoms with Crippen LogP contribution in [0.25, 0.3) is 21.8 Å². The van der Waals surface area contributed by atoms with Gasteiger partial charge in [-0.2, -0.15) is 0 Å². The lowest BCUT2D eigenvalue weighted by Crippen LogP contribution is -2.02. The number of hydrogen-bond donors (Lipinski definition) is 2. The number of para-hydroxylation sites is 2. The van der Waals surface area contributed by atoms with E-state index in [1.807, 2.05) is 24.3 Å². The Hall–Kier alpha value is -3.27. The normalized spacial score (nSPS) is 11.0. The molecule has 0 aliphatic heterocycles. The van der Waals surface area contributed by atoms with E-state index in [4.69, 9.17) is 0 Å². The zero-order valence-corrected chi connectivity index (χ0v) is 13.2. The van der Waals surface area contributed by atoms with Gasteiger partial charge in [0.2, 0.25) is 0 Å². The van der Waals surface area contributed by atoms with E-state index in [0.717, 1.165) is 16.6 Å². The molecular formula is C20H16N2O2. The smallest absolute Gasteiger partial charge is 0.337 e. The predicted octanol–water partition coefficient (Wildman–Crippen LogP) is 4.77. The molecule has 1 aromatic heterocycles. The molecule has 24 heavy (non-hydrogen) atoms. The van der Waals surface area contributed by atoms with E-state index in [0.29, 0.717) is 5.69 Å². The largest absolute Gasteiger partial charge is 0.478 e. The zero-order chi connectivity index (χ0) is 16.7. The molecule has 0 unspecified atom stereocenters. The summed E-state index contributed by atoms with van der Waals surface area (Å²) < 4.78 is 2.17. The van der Waals surface area contributed by atoms with Gasteiger partial charge >= 0.3 is 5.97 Å². The Bertz CT molecular complexity index is 1080. The molecule has 0 bridgehead atoms. The molecule has 1 heterocycles. The van der Waals surface area contributed by atoms with Gasteiger partial charge in [0.25, 0.3) is 0 Å². The zero-order valence-electron chi connectivity index (χ0n) is 13.2. The molecule has 0 saturated heterocycles. The van der Waals surface area contributed by atoms with Gasteiger partial charge in [0, 0.05) is 34.5 Å². The number of anilines is 2. The van der Waals surface area contributed by atoms with Crippen LogP contribution in [0, 0.1) is 0 Å². The molecule has 3 aromatic carbocycles. The summed E-state index contributed by atoms with van der Waals surface area (Å²) in [6.45, 7) is 0. The molecule has 4 heteroatoms. The molecule has 4 aromatic rings. The van der Waals surface area contributed by atoms with Crippen molar-refractivity contribution in [1.82, 2.24) is 4.57 Å². The van der Waals surface area contributed by atoms with Gasteiger partial charge in [-0.15, -0.1) is 0 Å². The molecular weight excluding hydrogens is 300 g/mol. The summed E-state index contributed by atoms with van der Waals surface area (Å²) in [5.41, 5.74) is 4.04. The second kappa shape index (κ2) is 5.42. The average molecular weight is 316 g/mol. The number of aryl methyl sites for hydroxylation is 1. The highest BCUT2D eigenvalue weighted by atomic mass is 16.4. The summed E-state index contributed by atoms with van der Waals surface area (Å²) in [5, 5.41) is 14.9. The van der Waals surface area contributed by atoms with E-state index in [9.17, 15) is 9.90 Å². The Kier molecular flexibility index (Phi) is 3.24. The van der Waals surface area contributed by atoms with Crippen molar-refractivity contribution >= 4 is 39.1 Å². The van der Waals surface area contributed by atoms with Crippen molar-refractivity contribution < 1.29 is 9.90 Å². The van der Waals surface area contributed by atoms with Gasteiger partial charge in [-0.1, -0.05) is 30.3 Å². The molecule has 0 saturated carbocycles. The number of carboxylic acids is 1. The fraction of sp³-hybridized carbons (Fsp3) is 0.0500. The third-order valence-electron chi connectivity index (χ3n) is 4.35. The van der Waals surface area contributed by atoms with Crippen LogP contribution >= 0.6 is 0 Å². The summed E-state index contributed by atoms with van der Waals surface area (Å²) in [6.07, 6.45) is 0. The van der Waals surface area contributed by atoms with Crippen LogP contribution in [0.15, 0.2) is 66.7 Å². The highest BCUT2D eigenvalue weighted by Gasteiger charge is 2.11. The predicted molar refractivity (Wildman–Crippen MR) is 97.1 cm³/mol. The van der Waals surface area contributed by atoms with Gasteiger partial charge in [-0.25, -0.2) is 4.79 Å². The summed E-state index contributed by atoms with van der Waals surface area (Å²) in [6, 6.07) is 21.3. The Morgan fingerprint density at radius 3 is 2.46 bits per heavy atom. The van der Waals surface area contributed by atoms with Crippen LogP contribution in [0.5, 0.6) is 0 Å². The third kappa shape index (κ3) is 2.20. The van der Waals surface area contributed by atoms with Gasteiger partial charge in [-0.3, -0.25) is 0 Å². The summed E-state index contributed by atoms with van der Waals surface area (Å²) in [7, 11) is 2.05. The average Bonchev–Trinajstić information content (AvgIpc) is 2.88. The molecule has 0 amide bonds. The Morgan fingerprint density at radius 2 is 1.62 bits per heavy atom. The quantitative estimate of drug-likeness (QED) is 0.572. The third-order valence-corrected chi connectivity index (χ3v) is 4.35. The summed E-state index contributed by atoms with van der Waals surface area (Å²) >= 11 is 0. The van der Waals surface area contributed by atoms with Crippen molar-refractivity contribution in [3.8, 4) is 0 Å². The fourth-order valence-corrected chi connectivity index (χ4v) is 3.18. The summed E-state index contributed by atoms with van der Waals surface area (Å²) in [5.74, 6) is -0.940. The summed E-state index contributed by atoms with van der Waals surface area (Å²) in [4.78, 5) is 11.4. The Balaban J connectivity index is 1.84. The fourth-order valence-electron chi connectivity index (χ4n) is 3.18. The minimum absolute atomic E-state index is 0.260. The van der Waals surface area contributed by atoms with Crippen LogP contribution in [-0.2, 0) is 7.05 Å². The minimum atomic E-state index is -0.940. The van der Waals surface area contributed by atoms with Gasteiger partial charge in [0.15, 0.2) is 0 Å². The molecule has 0 aliphatic rings. The first-order valence-corrected chi connectivity index (χ1v) is 7.71. The number of rotatable bonds is 3. The van der Waals surface area contributed by atoms with E-state index < -0.39 is 5.97 Å². The maximum Gasteiger partial charge on any atom is 0.337 e. The highest BCUT2D eigenvalue weighted by Crippen LogP contribution is 2.31. The molecule has 2 N–H and O–H groups in total. The van der Waals surface area contributed by atoms with E-state index in [1.54, 1.807) is 18.2 Å². The lowest BCUT2D eigenvalue weighted by atomic mass is 10.1. The van der Waals surface area contributed by atoms with Crippen molar-refractivity contribution in [2.75, 3.05) is 5.32 Å². The van der Waals surface area contributed by atoms with Crippen molar-refractivity contribution in [3.63, 3.8) is 0 Å². The molecule has 0 atom stereocenters. The minimum Gasteiger partial charge on any atom is -0.478 e. The van der Waals surface area contributed by atoms with Crippen molar-refractivity contribution in [2.45, 2.75) is 0 Å². The van der Waals surface area contributed by atoms with Crippen LogP contribution < -0.4 is 5.32 Å². The van der Waals surface area contributed by atoms with Crippen LogP contribution in [0.3, 0.4) is 0 Å². The van der Waals surface area contributed by atoms with Crippen LogP contribution in [0.1, 0.15) is 10.4 Å². The molecule has 0 aliphatic carbocycles. The van der Waals surface area contributed by atoms with Crippen LogP contribution in [0.2, 0.25) is 0 Å². The van der Waals surface area contributed by atoms with Crippen molar-refractivity contribution in [1.29, 1.82) is 0 Å². The number of benzene rings is 3. The first kappa shape index (κ1) is 14.3. The first-order chi connectivity index (χ1) is 11.6. The number of fused-ring (bicyclic) bond motifs is 3. The number of carboxylic acid groups (broad SMARTS) is 1. The van der Waals surface area contributed by atoms with Gasteiger partial charge in [-0.05, 0) is 36.4 Å². The number of nitrogens with one attached hydrogen (secondary N) is 1. The number of aromatic nitrogens is 1. The highest BCUT2D eigenvalue weighted by molar-refractivity contribution is 6.09. The topological polar surface area (TPSA) is 54.3 Å². The molecule has 4 rings (SSSR count). The molecule has 0 radical (unpaired) electrons. The van der Waals surface area contributed by atoms with Gasteiger partial charge in [0.05, 0.1) is 11.3 Å². The van der Waals surface area contributed by atoms with Gasteiger partial charge in [0.1, 0.15) is 0 Å². The van der Waals surface area contributed by atoms with E-state index in [2.05, 4.69) is 41.2 Å². The van der Waals surface area contributed by atoms with E-state index >= 15 is 0 Å². The molecule has 4 nitrogen and oxygen atoms in total. The monoisotopic (exact) mass is 316 g/mol. The second-order valence-electron chi connectivity index (χ2n) is 5.78. The maximum absolute atomic E-state index is 11.4. The second-order valence-corrected chi connectivity index (χ2v) is 5.78. The number of carbonyl (C=O) groups is 1. The van der Waals surface area contributed by atoms with Crippen LogP contribution in [-0.4, -0.2) is 15.6 Å².